The minimum absolute atomic E-state index is 0.0113. The quantitative estimate of drug-likeness (QED) is 0.806. The van der Waals surface area contributed by atoms with Crippen LogP contribution in [0.2, 0.25) is 0 Å². The summed E-state index contributed by atoms with van der Waals surface area (Å²) >= 11 is 0. The van der Waals surface area contributed by atoms with Gasteiger partial charge in [0.15, 0.2) is 0 Å². The van der Waals surface area contributed by atoms with Gasteiger partial charge in [-0.3, -0.25) is 0 Å². The van der Waals surface area contributed by atoms with Crippen LogP contribution in [-0.4, -0.2) is 0 Å². The van der Waals surface area contributed by atoms with Crippen molar-refractivity contribution in [3.05, 3.63) is 59.2 Å². The van der Waals surface area contributed by atoms with E-state index in [1.54, 1.807) is 0 Å². The Balaban J connectivity index is 2.29. The molecule has 0 radical (unpaired) electrons. The first kappa shape index (κ1) is 15.6. The summed E-state index contributed by atoms with van der Waals surface area (Å²) in [7, 11) is 0. The first-order chi connectivity index (χ1) is 10.0. The van der Waals surface area contributed by atoms with E-state index < -0.39 is 0 Å². The summed E-state index contributed by atoms with van der Waals surface area (Å²) < 4.78 is 6.07. The summed E-state index contributed by atoms with van der Waals surface area (Å²) in [4.78, 5) is 0. The van der Waals surface area contributed by atoms with Gasteiger partial charge in [-0.2, -0.15) is 0 Å². The number of hydrogen-bond acceptors (Lipinski definition) is 2. The lowest BCUT2D eigenvalue weighted by molar-refractivity contribution is 0.468. The fourth-order valence-electron chi connectivity index (χ4n) is 2.59. The fraction of sp³-hybridized carbons (Fsp3) is 0.368. The van der Waals surface area contributed by atoms with Crippen LogP contribution in [0.1, 0.15) is 55.8 Å². The summed E-state index contributed by atoms with van der Waals surface area (Å²) in [6.07, 6.45) is 0.895. The SMILES string of the molecule is CC[C@H](N)c1ccccc1Oc1ccc(C(C)C)c(C)c1. The van der Waals surface area contributed by atoms with E-state index in [0.717, 1.165) is 23.5 Å². The second-order valence-electron chi connectivity index (χ2n) is 5.83. The van der Waals surface area contributed by atoms with E-state index in [0.29, 0.717) is 5.92 Å². The van der Waals surface area contributed by atoms with Gasteiger partial charge in [-0.15, -0.1) is 0 Å². The van der Waals surface area contributed by atoms with E-state index in [2.05, 4.69) is 39.8 Å². The predicted octanol–water partition coefficient (Wildman–Crippen LogP) is 5.32. The lowest BCUT2D eigenvalue weighted by atomic mass is 9.98. The van der Waals surface area contributed by atoms with Crippen molar-refractivity contribution in [2.45, 2.75) is 46.1 Å². The van der Waals surface area contributed by atoms with Crippen LogP contribution in [0.25, 0.3) is 0 Å². The Bertz CT molecular complexity index is 604. The van der Waals surface area contributed by atoms with Gasteiger partial charge < -0.3 is 10.5 Å². The van der Waals surface area contributed by atoms with Crippen molar-refractivity contribution in [1.29, 1.82) is 0 Å². The molecule has 0 amide bonds. The van der Waals surface area contributed by atoms with Gasteiger partial charge in [0.25, 0.3) is 0 Å². The molecule has 21 heavy (non-hydrogen) atoms. The highest BCUT2D eigenvalue weighted by molar-refractivity contribution is 5.42. The van der Waals surface area contributed by atoms with E-state index in [-0.39, 0.29) is 6.04 Å². The van der Waals surface area contributed by atoms with E-state index in [9.17, 15) is 0 Å². The third kappa shape index (κ3) is 3.64. The zero-order valence-electron chi connectivity index (χ0n) is 13.4. The molecule has 0 spiro atoms. The van der Waals surface area contributed by atoms with Crippen molar-refractivity contribution in [3.63, 3.8) is 0 Å². The number of hydrogen-bond donors (Lipinski definition) is 1. The van der Waals surface area contributed by atoms with Crippen molar-refractivity contribution in [2.24, 2.45) is 5.73 Å². The largest absolute Gasteiger partial charge is 0.457 e. The maximum atomic E-state index is 6.16. The Morgan fingerprint density at radius 3 is 2.38 bits per heavy atom. The van der Waals surface area contributed by atoms with Crippen LogP contribution in [-0.2, 0) is 0 Å². The molecule has 0 aliphatic heterocycles. The van der Waals surface area contributed by atoms with Gasteiger partial charge in [-0.25, -0.2) is 0 Å². The van der Waals surface area contributed by atoms with Crippen LogP contribution in [0.3, 0.4) is 0 Å². The minimum Gasteiger partial charge on any atom is -0.457 e. The number of ether oxygens (including phenoxy) is 1. The molecular weight excluding hydrogens is 258 g/mol. The average molecular weight is 283 g/mol. The molecule has 0 bridgehead atoms. The first-order valence-electron chi connectivity index (χ1n) is 7.65. The van der Waals surface area contributed by atoms with Crippen LogP contribution in [0.4, 0.5) is 0 Å². The van der Waals surface area contributed by atoms with Crippen molar-refractivity contribution in [1.82, 2.24) is 0 Å². The number of rotatable bonds is 5. The predicted molar refractivity (Wildman–Crippen MR) is 89.0 cm³/mol. The zero-order chi connectivity index (χ0) is 15.4. The topological polar surface area (TPSA) is 35.2 Å². The summed E-state index contributed by atoms with van der Waals surface area (Å²) in [6.45, 7) is 8.63. The molecule has 0 saturated heterocycles. The Morgan fingerprint density at radius 2 is 1.76 bits per heavy atom. The molecule has 0 saturated carbocycles. The van der Waals surface area contributed by atoms with Crippen LogP contribution in [0.5, 0.6) is 11.5 Å². The maximum Gasteiger partial charge on any atom is 0.132 e. The molecule has 2 aromatic rings. The molecular formula is C19H25NO. The van der Waals surface area contributed by atoms with E-state index in [1.807, 2.05) is 30.3 Å². The Hall–Kier alpha value is -1.80. The molecule has 112 valence electrons. The highest BCUT2D eigenvalue weighted by atomic mass is 16.5. The van der Waals surface area contributed by atoms with Gasteiger partial charge in [-0.1, -0.05) is 45.0 Å². The standard InChI is InChI=1S/C19H25NO/c1-5-18(20)17-8-6-7-9-19(17)21-15-10-11-16(13(2)3)14(4)12-15/h6-13,18H,5,20H2,1-4H3/t18-/m0/s1. The normalized spacial score (nSPS) is 12.5. The van der Waals surface area contributed by atoms with Crippen molar-refractivity contribution in [3.8, 4) is 11.5 Å². The third-order valence-corrected chi connectivity index (χ3v) is 3.85. The molecule has 1 atom stereocenters. The number of aryl methyl sites for hydroxylation is 1. The second kappa shape index (κ2) is 6.77. The third-order valence-electron chi connectivity index (χ3n) is 3.85. The molecule has 0 fully saturated rings. The van der Waals surface area contributed by atoms with Gasteiger partial charge >= 0.3 is 0 Å². The summed E-state index contributed by atoms with van der Waals surface area (Å²) in [5.41, 5.74) is 9.85. The lowest BCUT2D eigenvalue weighted by Gasteiger charge is -2.17. The fourth-order valence-corrected chi connectivity index (χ4v) is 2.59. The number of para-hydroxylation sites is 1. The monoisotopic (exact) mass is 283 g/mol. The summed E-state index contributed by atoms with van der Waals surface area (Å²) in [5, 5.41) is 0. The van der Waals surface area contributed by atoms with Crippen LogP contribution in [0.15, 0.2) is 42.5 Å². The van der Waals surface area contributed by atoms with Crippen LogP contribution < -0.4 is 10.5 Å². The molecule has 0 heterocycles. The molecule has 2 N–H and O–H groups in total. The second-order valence-corrected chi connectivity index (χ2v) is 5.83. The van der Waals surface area contributed by atoms with Gasteiger partial charge in [0.1, 0.15) is 11.5 Å². The molecule has 2 aromatic carbocycles. The lowest BCUT2D eigenvalue weighted by Crippen LogP contribution is -2.09. The summed E-state index contributed by atoms with van der Waals surface area (Å²) in [6, 6.07) is 14.3. The van der Waals surface area contributed by atoms with Gasteiger partial charge in [-0.05, 0) is 48.6 Å². The first-order valence-corrected chi connectivity index (χ1v) is 7.65. The van der Waals surface area contributed by atoms with Gasteiger partial charge in [0.2, 0.25) is 0 Å². The van der Waals surface area contributed by atoms with Crippen molar-refractivity contribution in [2.75, 3.05) is 0 Å². The Morgan fingerprint density at radius 1 is 1.05 bits per heavy atom. The average Bonchev–Trinajstić information content (AvgIpc) is 2.46. The molecule has 2 heteroatoms. The Labute approximate surface area is 127 Å². The summed E-state index contributed by atoms with van der Waals surface area (Å²) in [5.74, 6) is 2.25. The van der Waals surface area contributed by atoms with E-state index >= 15 is 0 Å². The van der Waals surface area contributed by atoms with Crippen molar-refractivity contribution < 1.29 is 4.74 Å². The highest BCUT2D eigenvalue weighted by Gasteiger charge is 2.11. The van der Waals surface area contributed by atoms with Gasteiger partial charge in [0, 0.05) is 11.6 Å². The maximum absolute atomic E-state index is 6.16. The molecule has 0 unspecified atom stereocenters. The van der Waals surface area contributed by atoms with E-state index in [4.69, 9.17) is 10.5 Å². The van der Waals surface area contributed by atoms with Crippen LogP contribution >= 0.6 is 0 Å². The molecule has 0 aromatic heterocycles. The molecule has 0 aliphatic carbocycles. The molecule has 2 rings (SSSR count). The van der Waals surface area contributed by atoms with Crippen molar-refractivity contribution >= 4 is 0 Å². The van der Waals surface area contributed by atoms with Crippen LogP contribution in [0, 0.1) is 6.92 Å². The molecule has 0 aliphatic rings. The van der Waals surface area contributed by atoms with E-state index in [1.165, 1.54) is 11.1 Å². The zero-order valence-corrected chi connectivity index (χ0v) is 13.4. The smallest absolute Gasteiger partial charge is 0.132 e. The minimum atomic E-state index is 0.0113. The van der Waals surface area contributed by atoms with Gasteiger partial charge in [0.05, 0.1) is 0 Å². The number of benzene rings is 2. The highest BCUT2D eigenvalue weighted by Crippen LogP contribution is 2.31. The number of nitrogens with two attached hydrogens (primary N) is 1. The molecule has 2 nitrogen and oxygen atoms in total. The Kier molecular flexibility index (Phi) is 5.03.